The zero-order valence-corrected chi connectivity index (χ0v) is 16.4. The number of ether oxygens (including phenoxy) is 1. The number of carbonyl (C=O) groups excluding carboxylic acids is 2. The third-order valence-corrected chi connectivity index (χ3v) is 5.54. The highest BCUT2D eigenvalue weighted by molar-refractivity contribution is 7.15. The van der Waals surface area contributed by atoms with Crippen molar-refractivity contribution in [1.29, 1.82) is 0 Å². The summed E-state index contributed by atoms with van der Waals surface area (Å²) in [5.74, 6) is 0.292. The lowest BCUT2D eigenvalue weighted by atomic mass is 10.1. The van der Waals surface area contributed by atoms with Gasteiger partial charge in [0.2, 0.25) is 16.9 Å². The summed E-state index contributed by atoms with van der Waals surface area (Å²) in [6.45, 7) is 2.94. The number of rotatable bonds is 8. The molecule has 1 unspecified atom stereocenters. The van der Waals surface area contributed by atoms with E-state index in [1.807, 2.05) is 24.3 Å². The molecule has 1 saturated heterocycles. The molecule has 0 bridgehead atoms. The topological polar surface area (TPSA) is 84.4 Å². The predicted molar refractivity (Wildman–Crippen MR) is 104 cm³/mol. The van der Waals surface area contributed by atoms with E-state index in [0.717, 1.165) is 29.2 Å². The molecule has 1 N–H and O–H groups in total. The Hall–Kier alpha value is -2.48. The normalized spacial score (nSPS) is 16.6. The number of nitrogens with one attached hydrogen (secondary N) is 1. The number of amides is 2. The molecule has 1 aromatic carbocycles. The van der Waals surface area contributed by atoms with Crippen LogP contribution in [-0.4, -0.2) is 42.2 Å². The summed E-state index contributed by atoms with van der Waals surface area (Å²) in [6, 6.07) is 7.75. The number of aryl methyl sites for hydroxylation is 1. The largest absolute Gasteiger partial charge is 0.496 e. The van der Waals surface area contributed by atoms with Crippen molar-refractivity contribution in [2.24, 2.45) is 5.92 Å². The van der Waals surface area contributed by atoms with Crippen molar-refractivity contribution in [3.05, 3.63) is 34.8 Å². The number of benzene rings is 1. The van der Waals surface area contributed by atoms with E-state index in [2.05, 4.69) is 22.4 Å². The lowest BCUT2D eigenvalue weighted by Crippen LogP contribution is -2.34. The van der Waals surface area contributed by atoms with Crippen LogP contribution in [0.2, 0.25) is 0 Å². The summed E-state index contributed by atoms with van der Waals surface area (Å²) in [5.41, 5.74) is 1.04. The lowest BCUT2D eigenvalue weighted by molar-refractivity contribution is -0.126. The first kappa shape index (κ1) is 19.3. The summed E-state index contributed by atoms with van der Waals surface area (Å²) in [6.07, 6.45) is 2.73. The minimum atomic E-state index is -0.353. The van der Waals surface area contributed by atoms with E-state index in [1.165, 1.54) is 11.3 Å². The van der Waals surface area contributed by atoms with Gasteiger partial charge in [-0.1, -0.05) is 36.5 Å². The molecule has 1 aliphatic rings. The molecule has 144 valence electrons. The van der Waals surface area contributed by atoms with Gasteiger partial charge in [0.05, 0.1) is 13.0 Å². The zero-order chi connectivity index (χ0) is 19.2. The fourth-order valence-corrected chi connectivity index (χ4v) is 4.08. The minimum absolute atomic E-state index is 0.0703. The number of methoxy groups -OCH3 is 1. The number of hydrogen-bond donors (Lipinski definition) is 1. The van der Waals surface area contributed by atoms with Crippen molar-refractivity contribution in [3.8, 4) is 5.75 Å². The van der Waals surface area contributed by atoms with Gasteiger partial charge >= 0.3 is 0 Å². The Morgan fingerprint density at radius 3 is 2.93 bits per heavy atom. The zero-order valence-electron chi connectivity index (χ0n) is 15.6. The van der Waals surface area contributed by atoms with Gasteiger partial charge in [-0.2, -0.15) is 0 Å². The number of hydrogen-bond acceptors (Lipinski definition) is 6. The molecule has 2 aromatic rings. The van der Waals surface area contributed by atoms with Crippen LogP contribution in [0.25, 0.3) is 0 Å². The lowest BCUT2D eigenvalue weighted by Gasteiger charge is -2.13. The van der Waals surface area contributed by atoms with Crippen molar-refractivity contribution in [3.63, 3.8) is 0 Å². The summed E-state index contributed by atoms with van der Waals surface area (Å²) in [4.78, 5) is 26.4. The molecule has 1 aliphatic heterocycles. The monoisotopic (exact) mass is 388 g/mol. The van der Waals surface area contributed by atoms with Crippen molar-refractivity contribution in [2.75, 3.05) is 25.1 Å². The number of aromatic nitrogens is 2. The fraction of sp³-hybridized carbons (Fsp3) is 0.474. The maximum absolute atomic E-state index is 12.5. The van der Waals surface area contributed by atoms with Gasteiger partial charge in [-0.15, -0.1) is 10.2 Å². The second-order valence-corrected chi connectivity index (χ2v) is 7.53. The number of nitrogens with zero attached hydrogens (tertiary/aromatic N) is 3. The standard InChI is InChI=1S/C19H24N4O3S/c1-3-6-16-21-22-19(27-16)23-12-14(11-17(23)24)18(25)20-10-9-13-7-4-5-8-15(13)26-2/h4-5,7-8,14H,3,6,9-12H2,1-2H3,(H,20,25). The third kappa shape index (κ3) is 4.63. The maximum atomic E-state index is 12.5. The van der Waals surface area contributed by atoms with Crippen LogP contribution in [-0.2, 0) is 22.4 Å². The molecular formula is C19H24N4O3S. The Balaban J connectivity index is 1.52. The van der Waals surface area contributed by atoms with E-state index in [9.17, 15) is 9.59 Å². The van der Waals surface area contributed by atoms with Crippen molar-refractivity contribution < 1.29 is 14.3 Å². The maximum Gasteiger partial charge on any atom is 0.229 e. The molecule has 0 saturated carbocycles. The van der Waals surface area contributed by atoms with Gasteiger partial charge in [0, 0.05) is 25.9 Å². The Bertz CT molecular complexity index is 808. The quantitative estimate of drug-likeness (QED) is 0.749. The molecule has 0 spiro atoms. The number of para-hydroxylation sites is 1. The first-order valence-corrected chi connectivity index (χ1v) is 9.96. The Labute approximate surface area is 162 Å². The molecule has 2 heterocycles. The summed E-state index contributed by atoms with van der Waals surface area (Å²) >= 11 is 1.43. The highest BCUT2D eigenvalue weighted by Gasteiger charge is 2.36. The average Bonchev–Trinajstić information content (AvgIpc) is 3.29. The predicted octanol–water partition coefficient (Wildman–Crippen LogP) is 2.21. The smallest absolute Gasteiger partial charge is 0.229 e. The summed E-state index contributed by atoms with van der Waals surface area (Å²) in [7, 11) is 1.63. The molecule has 27 heavy (non-hydrogen) atoms. The third-order valence-electron chi connectivity index (χ3n) is 4.53. The molecule has 3 rings (SSSR count). The van der Waals surface area contributed by atoms with Crippen LogP contribution < -0.4 is 15.0 Å². The molecule has 7 nitrogen and oxygen atoms in total. The first-order valence-electron chi connectivity index (χ1n) is 9.14. The van der Waals surface area contributed by atoms with Crippen LogP contribution in [0.1, 0.15) is 30.3 Å². The molecule has 2 amide bonds. The van der Waals surface area contributed by atoms with E-state index < -0.39 is 0 Å². The van der Waals surface area contributed by atoms with E-state index in [4.69, 9.17) is 4.74 Å². The Kier molecular flexibility index (Phi) is 6.39. The highest BCUT2D eigenvalue weighted by atomic mass is 32.1. The van der Waals surface area contributed by atoms with Gasteiger partial charge in [-0.05, 0) is 24.5 Å². The molecule has 0 radical (unpaired) electrons. The molecule has 1 aromatic heterocycles. The van der Waals surface area contributed by atoms with Gasteiger partial charge < -0.3 is 10.1 Å². The van der Waals surface area contributed by atoms with Crippen molar-refractivity contribution in [2.45, 2.75) is 32.6 Å². The van der Waals surface area contributed by atoms with E-state index in [-0.39, 0.29) is 24.2 Å². The highest BCUT2D eigenvalue weighted by Crippen LogP contribution is 2.28. The van der Waals surface area contributed by atoms with Crippen LogP contribution in [0.5, 0.6) is 5.75 Å². The second kappa shape index (κ2) is 8.94. The van der Waals surface area contributed by atoms with Crippen LogP contribution in [0.4, 0.5) is 5.13 Å². The van der Waals surface area contributed by atoms with Crippen LogP contribution in [0.15, 0.2) is 24.3 Å². The van der Waals surface area contributed by atoms with Crippen molar-refractivity contribution >= 4 is 28.3 Å². The van der Waals surface area contributed by atoms with E-state index in [1.54, 1.807) is 12.0 Å². The SMILES string of the molecule is CCCc1nnc(N2CC(C(=O)NCCc3ccccc3OC)CC2=O)s1. The molecular weight excluding hydrogens is 364 g/mol. The van der Waals surface area contributed by atoms with Gasteiger partial charge in [-0.25, -0.2) is 0 Å². The van der Waals surface area contributed by atoms with E-state index in [0.29, 0.717) is 24.6 Å². The summed E-state index contributed by atoms with van der Waals surface area (Å²) < 4.78 is 5.32. The van der Waals surface area contributed by atoms with Gasteiger partial charge in [0.15, 0.2) is 0 Å². The molecule has 1 fully saturated rings. The van der Waals surface area contributed by atoms with Gasteiger partial charge in [0.25, 0.3) is 0 Å². The van der Waals surface area contributed by atoms with Crippen LogP contribution in [0, 0.1) is 5.92 Å². The first-order chi connectivity index (χ1) is 13.1. The second-order valence-electron chi connectivity index (χ2n) is 6.49. The molecule has 0 aliphatic carbocycles. The average molecular weight is 388 g/mol. The summed E-state index contributed by atoms with van der Waals surface area (Å²) in [5, 5.41) is 12.7. The fourth-order valence-electron chi connectivity index (χ4n) is 3.11. The number of carbonyl (C=O) groups is 2. The van der Waals surface area contributed by atoms with Crippen molar-refractivity contribution in [1.82, 2.24) is 15.5 Å². The molecule has 8 heteroatoms. The Morgan fingerprint density at radius 1 is 1.33 bits per heavy atom. The van der Waals surface area contributed by atoms with E-state index >= 15 is 0 Å². The molecule has 1 atom stereocenters. The van der Waals surface area contributed by atoms with Crippen LogP contribution >= 0.6 is 11.3 Å². The van der Waals surface area contributed by atoms with Gasteiger partial charge in [-0.3, -0.25) is 14.5 Å². The minimum Gasteiger partial charge on any atom is -0.496 e. The van der Waals surface area contributed by atoms with Crippen LogP contribution in [0.3, 0.4) is 0 Å². The van der Waals surface area contributed by atoms with Gasteiger partial charge in [0.1, 0.15) is 10.8 Å². The Morgan fingerprint density at radius 2 is 2.15 bits per heavy atom. The number of anilines is 1.